The van der Waals surface area contributed by atoms with Crippen molar-refractivity contribution < 1.29 is 0 Å². The smallest absolute Gasteiger partial charge is 0.161 e. The van der Waals surface area contributed by atoms with Gasteiger partial charge >= 0.3 is 0 Å². The molecule has 1 heterocycles. The Hall–Kier alpha value is -1.30. The minimum absolute atomic E-state index is 0.493. The van der Waals surface area contributed by atoms with Crippen molar-refractivity contribution in [3.8, 4) is 6.07 Å². The van der Waals surface area contributed by atoms with Gasteiger partial charge in [-0.25, -0.2) is 4.98 Å². The zero-order chi connectivity index (χ0) is 8.85. The molecule has 11 heavy (non-hydrogen) atoms. The minimum atomic E-state index is 0.493. The van der Waals surface area contributed by atoms with Crippen LogP contribution in [0.2, 0.25) is 0 Å². The van der Waals surface area contributed by atoms with Crippen LogP contribution in [0.4, 0.5) is 0 Å². The summed E-state index contributed by atoms with van der Waals surface area (Å²) in [6.07, 6.45) is 0. The van der Waals surface area contributed by atoms with Gasteiger partial charge in [0.1, 0.15) is 11.9 Å². The Bertz CT molecular complexity index is 255. The van der Waals surface area contributed by atoms with Crippen molar-refractivity contribution in [3.05, 3.63) is 17.2 Å². The molecule has 0 radical (unpaired) electrons. The standard InChI is InChI=1S/C6H7N3.C2H6/c1-4-6(3-7)9-5(2)8-4;1-2/h1-2H3,(H,8,9);1-2H3. The molecule has 0 atom stereocenters. The van der Waals surface area contributed by atoms with Crippen LogP contribution in [0, 0.1) is 25.2 Å². The predicted octanol–water partition coefficient (Wildman–Crippen LogP) is 1.92. The highest BCUT2D eigenvalue weighted by Crippen LogP contribution is 2.00. The Morgan fingerprint density at radius 1 is 1.36 bits per heavy atom. The number of hydrogen-bond acceptors (Lipinski definition) is 2. The van der Waals surface area contributed by atoms with E-state index < -0.39 is 0 Å². The highest BCUT2D eigenvalue weighted by atomic mass is 14.9. The number of imidazole rings is 1. The van der Waals surface area contributed by atoms with Gasteiger partial charge in [-0.3, -0.25) is 0 Å². The second-order valence-corrected chi connectivity index (χ2v) is 1.91. The SMILES string of the molecule is CC.Cc1nc(C#N)c(C)[nH]1. The molecule has 0 amide bonds. The summed E-state index contributed by atoms with van der Waals surface area (Å²) in [5.74, 6) is 0.795. The Morgan fingerprint density at radius 2 is 1.91 bits per heavy atom. The van der Waals surface area contributed by atoms with Crippen molar-refractivity contribution in [2.24, 2.45) is 0 Å². The van der Waals surface area contributed by atoms with Gasteiger partial charge in [-0.15, -0.1) is 0 Å². The number of H-pyrrole nitrogens is 1. The summed E-state index contributed by atoms with van der Waals surface area (Å²) >= 11 is 0. The summed E-state index contributed by atoms with van der Waals surface area (Å²) in [4.78, 5) is 6.84. The summed E-state index contributed by atoms with van der Waals surface area (Å²) < 4.78 is 0. The van der Waals surface area contributed by atoms with E-state index in [9.17, 15) is 0 Å². The molecule has 0 saturated heterocycles. The van der Waals surface area contributed by atoms with E-state index >= 15 is 0 Å². The number of rotatable bonds is 0. The summed E-state index contributed by atoms with van der Waals surface area (Å²) in [6.45, 7) is 7.66. The van der Waals surface area contributed by atoms with E-state index in [1.165, 1.54) is 0 Å². The lowest BCUT2D eigenvalue weighted by Crippen LogP contribution is -1.75. The van der Waals surface area contributed by atoms with Gasteiger partial charge in [0.15, 0.2) is 5.69 Å². The van der Waals surface area contributed by atoms with Gasteiger partial charge in [-0.05, 0) is 13.8 Å². The normalized spacial score (nSPS) is 7.91. The van der Waals surface area contributed by atoms with E-state index in [4.69, 9.17) is 5.26 Å². The van der Waals surface area contributed by atoms with Crippen molar-refractivity contribution in [2.45, 2.75) is 27.7 Å². The van der Waals surface area contributed by atoms with Crippen molar-refractivity contribution in [1.29, 1.82) is 5.26 Å². The van der Waals surface area contributed by atoms with Crippen molar-refractivity contribution in [2.75, 3.05) is 0 Å². The number of hydrogen-bond donors (Lipinski definition) is 1. The fourth-order valence-electron chi connectivity index (χ4n) is 0.719. The maximum atomic E-state index is 8.40. The first kappa shape index (κ1) is 9.70. The molecule has 0 saturated carbocycles. The van der Waals surface area contributed by atoms with Crippen LogP contribution in [-0.4, -0.2) is 9.97 Å². The molecule has 1 aromatic heterocycles. The number of nitrogens with one attached hydrogen (secondary N) is 1. The molecule has 0 unspecified atom stereocenters. The highest BCUT2D eigenvalue weighted by molar-refractivity contribution is 5.25. The van der Waals surface area contributed by atoms with E-state index in [0.717, 1.165) is 11.5 Å². The van der Waals surface area contributed by atoms with E-state index in [1.54, 1.807) is 0 Å². The molecule has 1 rings (SSSR count). The lowest BCUT2D eigenvalue weighted by Gasteiger charge is -1.76. The van der Waals surface area contributed by atoms with Crippen molar-refractivity contribution in [1.82, 2.24) is 9.97 Å². The second kappa shape index (κ2) is 4.51. The first-order valence-electron chi connectivity index (χ1n) is 3.67. The summed E-state index contributed by atoms with van der Waals surface area (Å²) in [5.41, 5.74) is 1.34. The Kier molecular flexibility index (Phi) is 3.97. The fourth-order valence-corrected chi connectivity index (χ4v) is 0.719. The van der Waals surface area contributed by atoms with Crippen LogP contribution in [0.5, 0.6) is 0 Å². The molecule has 0 spiro atoms. The topological polar surface area (TPSA) is 52.5 Å². The number of aromatic nitrogens is 2. The van der Waals surface area contributed by atoms with E-state index in [-0.39, 0.29) is 0 Å². The Morgan fingerprint density at radius 3 is 2.09 bits per heavy atom. The Balaban J connectivity index is 0.000000461. The number of aryl methyl sites for hydroxylation is 2. The largest absolute Gasteiger partial charge is 0.345 e. The zero-order valence-electron chi connectivity index (χ0n) is 7.39. The third-order valence-corrected chi connectivity index (χ3v) is 1.11. The van der Waals surface area contributed by atoms with E-state index in [2.05, 4.69) is 9.97 Å². The van der Waals surface area contributed by atoms with E-state index in [1.807, 2.05) is 33.8 Å². The van der Waals surface area contributed by atoms with Gasteiger partial charge in [0.2, 0.25) is 0 Å². The van der Waals surface area contributed by atoms with Crippen LogP contribution in [-0.2, 0) is 0 Å². The third kappa shape index (κ3) is 2.42. The number of aromatic amines is 1. The number of nitriles is 1. The van der Waals surface area contributed by atoms with Crippen LogP contribution in [0.15, 0.2) is 0 Å². The van der Waals surface area contributed by atoms with Crippen LogP contribution >= 0.6 is 0 Å². The lowest BCUT2D eigenvalue weighted by atomic mass is 10.4. The van der Waals surface area contributed by atoms with E-state index in [0.29, 0.717) is 5.69 Å². The first-order chi connectivity index (χ1) is 5.24. The highest BCUT2D eigenvalue weighted by Gasteiger charge is 1.99. The van der Waals surface area contributed by atoms with Crippen molar-refractivity contribution >= 4 is 0 Å². The molecule has 60 valence electrons. The average Bonchev–Trinajstić information content (AvgIpc) is 2.33. The van der Waals surface area contributed by atoms with Gasteiger partial charge in [-0.2, -0.15) is 5.26 Å². The maximum Gasteiger partial charge on any atom is 0.161 e. The van der Waals surface area contributed by atoms with Crippen molar-refractivity contribution in [3.63, 3.8) is 0 Å². The van der Waals surface area contributed by atoms with Gasteiger partial charge in [0.05, 0.1) is 0 Å². The summed E-state index contributed by atoms with van der Waals surface area (Å²) in [5, 5.41) is 8.40. The molecule has 0 bridgehead atoms. The molecule has 0 aromatic carbocycles. The molecule has 1 aromatic rings. The molecular formula is C8H13N3. The maximum absolute atomic E-state index is 8.40. The second-order valence-electron chi connectivity index (χ2n) is 1.91. The van der Waals surface area contributed by atoms with Gasteiger partial charge in [0.25, 0.3) is 0 Å². The molecule has 3 heteroatoms. The van der Waals surface area contributed by atoms with Gasteiger partial charge in [-0.1, -0.05) is 13.8 Å². The molecule has 1 N–H and O–H groups in total. The summed E-state index contributed by atoms with van der Waals surface area (Å²) in [7, 11) is 0. The number of nitrogens with zero attached hydrogens (tertiary/aromatic N) is 2. The van der Waals surface area contributed by atoms with Crippen LogP contribution in [0.1, 0.15) is 31.1 Å². The monoisotopic (exact) mass is 151 g/mol. The van der Waals surface area contributed by atoms with Crippen LogP contribution < -0.4 is 0 Å². The molecule has 0 aliphatic carbocycles. The lowest BCUT2D eigenvalue weighted by molar-refractivity contribution is 1.13. The quantitative estimate of drug-likeness (QED) is 0.616. The first-order valence-corrected chi connectivity index (χ1v) is 3.67. The molecule has 3 nitrogen and oxygen atoms in total. The van der Waals surface area contributed by atoms with Gasteiger partial charge in [0, 0.05) is 5.69 Å². The summed E-state index contributed by atoms with van der Waals surface area (Å²) in [6, 6.07) is 1.97. The molecule has 0 fully saturated rings. The molecular weight excluding hydrogens is 138 g/mol. The predicted molar refractivity (Wildman–Crippen MR) is 44.1 cm³/mol. The average molecular weight is 151 g/mol. The third-order valence-electron chi connectivity index (χ3n) is 1.11. The zero-order valence-corrected chi connectivity index (χ0v) is 7.39. The minimum Gasteiger partial charge on any atom is -0.345 e. The Labute approximate surface area is 67.1 Å². The molecule has 0 aliphatic rings. The fraction of sp³-hybridized carbons (Fsp3) is 0.500. The van der Waals surface area contributed by atoms with Crippen LogP contribution in [0.3, 0.4) is 0 Å². The molecule has 0 aliphatic heterocycles. The van der Waals surface area contributed by atoms with Gasteiger partial charge < -0.3 is 4.98 Å². The van der Waals surface area contributed by atoms with Crippen LogP contribution in [0.25, 0.3) is 0 Å².